The Balaban J connectivity index is 0.752. The van der Waals surface area contributed by atoms with Gasteiger partial charge in [0.15, 0.2) is 22.3 Å². The van der Waals surface area contributed by atoms with E-state index in [-0.39, 0.29) is 5.41 Å². The second kappa shape index (κ2) is 16.8. The lowest BCUT2D eigenvalue weighted by atomic mass is 9.81. The Labute approximate surface area is 528 Å². The van der Waals surface area contributed by atoms with Gasteiger partial charge in [0.1, 0.15) is 22.3 Å². The summed E-state index contributed by atoms with van der Waals surface area (Å²) in [4.78, 5) is 0. The van der Waals surface area contributed by atoms with E-state index in [1.54, 1.807) is 0 Å². The van der Waals surface area contributed by atoms with Crippen molar-refractivity contribution < 1.29 is 17.7 Å². The molecule has 0 atom stereocenters. The minimum absolute atomic E-state index is 0.128. The average molecular weight is 1190 g/mol. The van der Waals surface area contributed by atoms with Crippen molar-refractivity contribution in [3.05, 3.63) is 266 Å². The summed E-state index contributed by atoms with van der Waals surface area (Å²) in [6.07, 6.45) is 0. The molecule has 0 N–H and O–H groups in total. The highest BCUT2D eigenvalue weighted by Crippen LogP contribution is 2.54. The first-order valence-corrected chi connectivity index (χ1v) is 32.1. The van der Waals surface area contributed by atoms with Gasteiger partial charge in [-0.2, -0.15) is 0 Å². The third kappa shape index (κ3) is 6.01. The number of hydrogen-bond acceptors (Lipinski definition) is 4. The molecule has 1 aliphatic carbocycles. The Morgan fingerprint density at radius 3 is 1.26 bits per heavy atom. The van der Waals surface area contributed by atoms with E-state index in [9.17, 15) is 0 Å². The first kappa shape index (κ1) is 48.8. The summed E-state index contributed by atoms with van der Waals surface area (Å²) >= 11 is 0. The minimum Gasteiger partial charge on any atom is -0.454 e. The molecule has 0 bridgehead atoms. The highest BCUT2D eigenvalue weighted by Gasteiger charge is 2.36. The van der Waals surface area contributed by atoms with Gasteiger partial charge >= 0.3 is 0 Å². The molecule has 14 aromatic carbocycles. The average Bonchev–Trinajstić information content (AvgIpc) is 1.53. The molecule has 23 rings (SSSR count). The van der Waals surface area contributed by atoms with Crippen LogP contribution in [-0.4, -0.2) is 8.80 Å². The summed E-state index contributed by atoms with van der Waals surface area (Å²) in [5.41, 5.74) is 27.8. The molecule has 0 amide bonds. The summed E-state index contributed by atoms with van der Waals surface area (Å²) in [7, 11) is 0. The van der Waals surface area contributed by atoms with Gasteiger partial charge < -0.3 is 26.5 Å². The second-order valence-corrected chi connectivity index (χ2v) is 26.5. The zero-order valence-corrected chi connectivity index (χ0v) is 50.3. The molecule has 0 saturated heterocycles. The third-order valence-corrected chi connectivity index (χ3v) is 21.6. The minimum atomic E-state index is -0.128. The molecular formula is C87H48N2O4. The molecule has 430 valence electrons. The predicted molar refractivity (Wildman–Crippen MR) is 384 cm³/mol. The maximum absolute atomic E-state index is 7.33. The topological polar surface area (TPSA) is 61.4 Å². The SMILES string of the molecule is CC1(C)c2ccccc2-c2ccc(-c3cc4c5ccc6c7ccccc7oc6c5n5c4c(c3)c3ccc4c6cc(-c7cccc8oc9c(ccc%10c%11cc(-c%12ccccc%12-c%12ccccc%12)cc%12c%13ccc%14c%15ccccc%15oc%14c%13n(c%12%11)c%109)c78)ccc6oc4c35)cc21. The Kier molecular flexibility index (Phi) is 8.82. The predicted octanol–water partition coefficient (Wildman–Crippen LogP) is 24.6. The van der Waals surface area contributed by atoms with Crippen LogP contribution < -0.4 is 0 Å². The number of para-hydroxylation sites is 2. The third-order valence-electron chi connectivity index (χ3n) is 21.6. The van der Waals surface area contributed by atoms with Gasteiger partial charge in [0.05, 0.1) is 33.1 Å². The van der Waals surface area contributed by atoms with Gasteiger partial charge in [0.25, 0.3) is 0 Å². The van der Waals surface area contributed by atoms with E-state index in [0.717, 1.165) is 159 Å². The number of fused-ring (bicyclic) bond motifs is 31. The van der Waals surface area contributed by atoms with Crippen LogP contribution >= 0.6 is 0 Å². The Bertz CT molecular complexity index is 7140. The fourth-order valence-electron chi connectivity index (χ4n) is 17.5. The summed E-state index contributed by atoms with van der Waals surface area (Å²) in [6.45, 7) is 4.72. The van der Waals surface area contributed by atoms with Crippen molar-refractivity contribution in [2.24, 2.45) is 0 Å². The van der Waals surface area contributed by atoms with E-state index < -0.39 is 0 Å². The van der Waals surface area contributed by atoms with E-state index in [1.807, 2.05) is 0 Å². The molecule has 0 saturated carbocycles. The van der Waals surface area contributed by atoms with E-state index in [4.69, 9.17) is 17.7 Å². The van der Waals surface area contributed by atoms with E-state index in [2.05, 4.69) is 277 Å². The van der Waals surface area contributed by atoms with E-state index >= 15 is 0 Å². The summed E-state index contributed by atoms with van der Waals surface area (Å²) in [5.74, 6) is 0. The molecule has 0 radical (unpaired) electrons. The van der Waals surface area contributed by atoms with Gasteiger partial charge in [-0.25, -0.2) is 0 Å². The van der Waals surface area contributed by atoms with Crippen molar-refractivity contribution in [1.29, 1.82) is 0 Å². The van der Waals surface area contributed by atoms with Crippen molar-refractivity contribution in [3.63, 3.8) is 0 Å². The van der Waals surface area contributed by atoms with Crippen LogP contribution in [0.2, 0.25) is 0 Å². The fraction of sp³-hybridized carbons (Fsp3) is 0.0345. The Morgan fingerprint density at radius 2 is 0.645 bits per heavy atom. The van der Waals surface area contributed by atoms with Crippen LogP contribution in [0.15, 0.2) is 272 Å². The molecule has 0 unspecified atom stereocenters. The molecule has 8 aromatic heterocycles. The summed E-state index contributed by atoms with van der Waals surface area (Å²) in [6, 6.07) is 93.4. The molecule has 1 aliphatic rings. The zero-order chi connectivity index (χ0) is 60.4. The van der Waals surface area contributed by atoms with Crippen LogP contribution in [0, 0.1) is 0 Å². The zero-order valence-electron chi connectivity index (χ0n) is 50.3. The lowest BCUT2D eigenvalue weighted by Crippen LogP contribution is -2.14. The second-order valence-electron chi connectivity index (χ2n) is 26.5. The quantitative estimate of drug-likeness (QED) is 0.176. The smallest absolute Gasteiger partial charge is 0.160 e. The van der Waals surface area contributed by atoms with Crippen molar-refractivity contribution >= 4 is 164 Å². The van der Waals surface area contributed by atoms with Crippen molar-refractivity contribution in [3.8, 4) is 55.6 Å². The number of benzene rings is 14. The number of aromatic nitrogens is 2. The molecule has 6 nitrogen and oxygen atoms in total. The van der Waals surface area contributed by atoms with Crippen LogP contribution in [0.3, 0.4) is 0 Å². The van der Waals surface area contributed by atoms with Crippen LogP contribution in [-0.2, 0) is 5.41 Å². The van der Waals surface area contributed by atoms with Crippen molar-refractivity contribution in [2.45, 2.75) is 19.3 Å². The van der Waals surface area contributed by atoms with Gasteiger partial charge in [0, 0.05) is 91.6 Å². The normalized spacial score (nSPS) is 13.6. The van der Waals surface area contributed by atoms with E-state index in [0.29, 0.717) is 0 Å². The molecule has 0 spiro atoms. The fourth-order valence-corrected chi connectivity index (χ4v) is 17.5. The van der Waals surface area contributed by atoms with Crippen LogP contribution in [0.1, 0.15) is 25.0 Å². The van der Waals surface area contributed by atoms with Crippen molar-refractivity contribution in [2.75, 3.05) is 0 Å². The number of hydrogen-bond donors (Lipinski definition) is 0. The van der Waals surface area contributed by atoms with Gasteiger partial charge in [-0.05, 0) is 152 Å². The monoisotopic (exact) mass is 1180 g/mol. The lowest BCUT2D eigenvalue weighted by molar-refractivity contribution is 0.660. The largest absolute Gasteiger partial charge is 0.454 e. The number of furan rings is 4. The molecule has 6 heteroatoms. The molecule has 22 aromatic rings. The van der Waals surface area contributed by atoms with E-state index in [1.165, 1.54) is 71.6 Å². The van der Waals surface area contributed by atoms with Gasteiger partial charge in [-0.15, -0.1) is 0 Å². The van der Waals surface area contributed by atoms with Crippen LogP contribution in [0.25, 0.3) is 220 Å². The molecule has 93 heavy (non-hydrogen) atoms. The first-order chi connectivity index (χ1) is 45.9. The van der Waals surface area contributed by atoms with Crippen LogP contribution in [0.5, 0.6) is 0 Å². The molecule has 8 heterocycles. The Morgan fingerprint density at radius 1 is 0.226 bits per heavy atom. The molecule has 0 fully saturated rings. The first-order valence-electron chi connectivity index (χ1n) is 32.1. The maximum atomic E-state index is 7.33. The maximum Gasteiger partial charge on any atom is 0.160 e. The highest BCUT2D eigenvalue weighted by atomic mass is 16.3. The number of rotatable bonds is 4. The molecule has 0 aliphatic heterocycles. The molecular weight excluding hydrogens is 1140 g/mol. The summed E-state index contributed by atoms with van der Waals surface area (Å²) < 4.78 is 33.4. The number of nitrogens with zero attached hydrogens (tertiary/aromatic N) is 2. The lowest BCUT2D eigenvalue weighted by Gasteiger charge is -2.22. The van der Waals surface area contributed by atoms with Gasteiger partial charge in [-0.3, -0.25) is 0 Å². The highest BCUT2D eigenvalue weighted by molar-refractivity contribution is 6.35. The van der Waals surface area contributed by atoms with Crippen molar-refractivity contribution in [1.82, 2.24) is 8.80 Å². The Hall–Kier alpha value is -12.1. The summed E-state index contributed by atoms with van der Waals surface area (Å²) in [5, 5.41) is 17.9. The standard InChI is InChI=1S/C87H48N2O4/c1-87(2)70-23-11-8-19-53(70)54-29-27-46(44-71(54)87)48-40-66-57-30-34-61-55-20-9-12-24-72(55)90-83(61)79(57)88-77(66)67(41-48)58-32-36-63-65-39-47(28-38-74(65)92-85(63)81(58)88)52-22-14-26-75-76(52)64-37-33-60-69-43-49(51-18-7-6-17-50(51)45-15-4-3-5-16-45)42-68-59-31-35-62-56-21-10-13-25-73(56)91-84(62)80(59)89(78(68)69)82(60)86(64)93-75/h3-44H,1-2H3. The van der Waals surface area contributed by atoms with Gasteiger partial charge in [-0.1, -0.05) is 184 Å². The van der Waals surface area contributed by atoms with Gasteiger partial charge in [0.2, 0.25) is 0 Å². The van der Waals surface area contributed by atoms with Crippen LogP contribution in [0.4, 0.5) is 0 Å².